The van der Waals surface area contributed by atoms with Gasteiger partial charge in [0.2, 0.25) is 0 Å². The van der Waals surface area contributed by atoms with Crippen LogP contribution in [0.25, 0.3) is 0 Å². The van der Waals surface area contributed by atoms with Crippen LogP contribution in [0, 0.1) is 6.92 Å². The molecule has 1 aromatic rings. The van der Waals surface area contributed by atoms with E-state index in [0.29, 0.717) is 5.75 Å². The minimum absolute atomic E-state index is 0.526. The van der Waals surface area contributed by atoms with E-state index in [0.717, 1.165) is 5.56 Å². The van der Waals surface area contributed by atoms with E-state index in [1.54, 1.807) is 18.2 Å². The molecule has 0 heterocycles. The molecule has 0 spiro atoms. The number of benzene rings is 1. The van der Waals surface area contributed by atoms with Crippen LogP contribution in [0.4, 0.5) is 0 Å². The molecule has 1 aromatic carbocycles. The molecule has 104 valence electrons. The number of carbonyl (C=O) groups excluding carboxylic acids is 1. The quantitative estimate of drug-likeness (QED) is 0.690. The Morgan fingerprint density at radius 1 is 1.42 bits per heavy atom. The van der Waals surface area contributed by atoms with Crippen LogP contribution < -0.4 is 10.1 Å². The molecule has 0 saturated heterocycles. The number of hydrogen-bond acceptors (Lipinski definition) is 4. The average molecular weight is 267 g/mol. The number of rotatable bonds is 6. The Morgan fingerprint density at radius 3 is 2.63 bits per heavy atom. The molecule has 1 rings (SSSR count). The van der Waals surface area contributed by atoms with Crippen molar-refractivity contribution in [3.8, 4) is 5.75 Å². The largest absolute Gasteiger partial charge is 0.481 e. The minimum atomic E-state index is -1.32. The van der Waals surface area contributed by atoms with Crippen molar-refractivity contribution in [2.75, 3.05) is 6.61 Å². The molecular weight excluding hydrogens is 250 g/mol. The third-order valence-corrected chi connectivity index (χ3v) is 2.47. The summed E-state index contributed by atoms with van der Waals surface area (Å²) in [6.07, 6.45) is -0.852. The molecule has 0 saturated carbocycles. The minimum Gasteiger partial charge on any atom is -0.481 e. The van der Waals surface area contributed by atoms with Crippen LogP contribution in [0.3, 0.4) is 0 Å². The van der Waals surface area contributed by atoms with E-state index in [9.17, 15) is 9.59 Å². The van der Waals surface area contributed by atoms with E-state index in [4.69, 9.17) is 14.9 Å². The van der Waals surface area contributed by atoms with Gasteiger partial charge in [-0.1, -0.05) is 12.1 Å². The monoisotopic (exact) mass is 267 g/mol. The lowest BCUT2D eigenvalue weighted by molar-refractivity contribution is -0.144. The van der Waals surface area contributed by atoms with Gasteiger partial charge in [-0.15, -0.1) is 0 Å². The van der Waals surface area contributed by atoms with Crippen LogP contribution in [0.2, 0.25) is 0 Å². The van der Waals surface area contributed by atoms with Crippen molar-refractivity contribution in [1.29, 1.82) is 0 Å². The second-order valence-corrected chi connectivity index (χ2v) is 4.16. The smallest absolute Gasteiger partial charge is 0.328 e. The summed E-state index contributed by atoms with van der Waals surface area (Å²) in [7, 11) is 0. The number of aliphatic carboxylic acids is 1. The van der Waals surface area contributed by atoms with Gasteiger partial charge < -0.3 is 20.3 Å². The van der Waals surface area contributed by atoms with Crippen molar-refractivity contribution in [1.82, 2.24) is 5.32 Å². The van der Waals surface area contributed by atoms with Gasteiger partial charge in [0.05, 0.1) is 6.61 Å². The highest BCUT2D eigenvalue weighted by Crippen LogP contribution is 2.14. The van der Waals surface area contributed by atoms with Crippen molar-refractivity contribution in [2.24, 2.45) is 0 Å². The molecule has 0 aliphatic carbocycles. The zero-order valence-corrected chi connectivity index (χ0v) is 10.8. The van der Waals surface area contributed by atoms with Gasteiger partial charge in [-0.25, -0.2) is 4.79 Å². The number of carboxylic acids is 1. The van der Waals surface area contributed by atoms with E-state index in [1.165, 1.54) is 6.92 Å². The maximum absolute atomic E-state index is 11.7. The standard InChI is InChI=1S/C13H17NO5/c1-8-4-3-5-10(6-8)19-9(2)12(16)14-11(7-15)13(17)18/h3-6,9,11,15H,7H2,1-2H3,(H,14,16)(H,17,18)/t9?,11-/m0/s1. The molecule has 19 heavy (non-hydrogen) atoms. The number of ether oxygens (including phenoxy) is 1. The number of nitrogens with one attached hydrogen (secondary N) is 1. The van der Waals surface area contributed by atoms with Crippen LogP contribution in [-0.4, -0.2) is 40.8 Å². The van der Waals surface area contributed by atoms with Gasteiger partial charge in [0.25, 0.3) is 5.91 Å². The Kier molecular flexibility index (Phi) is 5.32. The van der Waals surface area contributed by atoms with Gasteiger partial charge in [0.1, 0.15) is 11.8 Å². The highest BCUT2D eigenvalue weighted by molar-refractivity contribution is 5.86. The number of aryl methyl sites for hydroxylation is 1. The maximum Gasteiger partial charge on any atom is 0.328 e. The van der Waals surface area contributed by atoms with Gasteiger partial charge in [-0.05, 0) is 31.5 Å². The molecule has 3 N–H and O–H groups in total. The zero-order valence-electron chi connectivity index (χ0n) is 10.8. The Balaban J connectivity index is 2.60. The highest BCUT2D eigenvalue weighted by atomic mass is 16.5. The fraction of sp³-hybridized carbons (Fsp3) is 0.385. The first kappa shape index (κ1) is 15.0. The lowest BCUT2D eigenvalue weighted by Crippen LogP contribution is -2.48. The second-order valence-electron chi connectivity index (χ2n) is 4.16. The van der Waals surface area contributed by atoms with Crippen molar-refractivity contribution in [3.05, 3.63) is 29.8 Å². The molecule has 6 nitrogen and oxygen atoms in total. The lowest BCUT2D eigenvalue weighted by atomic mass is 10.2. The second kappa shape index (κ2) is 6.75. The molecule has 1 amide bonds. The summed E-state index contributed by atoms with van der Waals surface area (Å²) in [5, 5.41) is 19.7. The van der Waals surface area contributed by atoms with Crippen molar-refractivity contribution < 1.29 is 24.5 Å². The zero-order chi connectivity index (χ0) is 14.4. The Morgan fingerprint density at radius 2 is 2.11 bits per heavy atom. The predicted octanol–water partition coefficient (Wildman–Crippen LogP) is 0.324. The summed E-state index contributed by atoms with van der Waals surface area (Å²) < 4.78 is 5.40. The Bertz CT molecular complexity index is 460. The first-order chi connectivity index (χ1) is 8.93. The first-order valence-corrected chi connectivity index (χ1v) is 5.81. The number of amides is 1. The van der Waals surface area contributed by atoms with E-state index in [1.807, 2.05) is 13.0 Å². The van der Waals surface area contributed by atoms with E-state index < -0.39 is 30.6 Å². The molecule has 0 aliphatic heterocycles. The summed E-state index contributed by atoms with van der Waals surface area (Å²) in [6, 6.07) is 5.84. The van der Waals surface area contributed by atoms with Crippen molar-refractivity contribution in [3.63, 3.8) is 0 Å². The molecule has 6 heteroatoms. The highest BCUT2D eigenvalue weighted by Gasteiger charge is 2.23. The SMILES string of the molecule is Cc1cccc(OC(C)C(=O)N[C@@H](CO)C(=O)O)c1. The van der Waals surface area contributed by atoms with Crippen LogP contribution in [0.15, 0.2) is 24.3 Å². The van der Waals surface area contributed by atoms with Gasteiger partial charge >= 0.3 is 5.97 Å². The van der Waals surface area contributed by atoms with Crippen LogP contribution in [-0.2, 0) is 9.59 Å². The molecule has 0 bridgehead atoms. The number of carbonyl (C=O) groups is 2. The number of hydrogen-bond donors (Lipinski definition) is 3. The van der Waals surface area contributed by atoms with Gasteiger partial charge in [-0.2, -0.15) is 0 Å². The average Bonchev–Trinajstić information content (AvgIpc) is 2.35. The third-order valence-electron chi connectivity index (χ3n) is 2.47. The molecule has 0 aromatic heterocycles. The van der Waals surface area contributed by atoms with E-state index >= 15 is 0 Å². The van der Waals surface area contributed by atoms with Crippen LogP contribution >= 0.6 is 0 Å². The van der Waals surface area contributed by atoms with E-state index in [-0.39, 0.29) is 0 Å². The molecule has 2 atom stereocenters. The van der Waals surface area contributed by atoms with Crippen molar-refractivity contribution >= 4 is 11.9 Å². The van der Waals surface area contributed by atoms with Crippen LogP contribution in [0.5, 0.6) is 5.75 Å². The molecular formula is C13H17NO5. The van der Waals surface area contributed by atoms with E-state index in [2.05, 4.69) is 5.32 Å². The molecule has 0 fully saturated rings. The predicted molar refractivity (Wildman–Crippen MR) is 67.9 cm³/mol. The topological polar surface area (TPSA) is 95.9 Å². The summed E-state index contributed by atoms with van der Waals surface area (Å²) >= 11 is 0. The fourth-order valence-electron chi connectivity index (χ4n) is 1.42. The third kappa shape index (κ3) is 4.59. The fourth-order valence-corrected chi connectivity index (χ4v) is 1.42. The van der Waals surface area contributed by atoms with Gasteiger partial charge in [0, 0.05) is 0 Å². The maximum atomic E-state index is 11.7. The summed E-state index contributed by atoms with van der Waals surface area (Å²) in [4.78, 5) is 22.4. The summed E-state index contributed by atoms with van der Waals surface area (Å²) in [5.74, 6) is -1.36. The van der Waals surface area contributed by atoms with Crippen molar-refractivity contribution in [2.45, 2.75) is 26.0 Å². The number of carboxylic acid groups (broad SMARTS) is 1. The number of aliphatic hydroxyl groups excluding tert-OH is 1. The Hall–Kier alpha value is -2.08. The summed E-state index contributed by atoms with van der Waals surface area (Å²) in [5.41, 5.74) is 0.990. The first-order valence-electron chi connectivity index (χ1n) is 5.81. The molecule has 0 radical (unpaired) electrons. The van der Waals surface area contributed by atoms with Gasteiger partial charge in [0.15, 0.2) is 6.10 Å². The Labute approximate surface area is 111 Å². The van der Waals surface area contributed by atoms with Crippen LogP contribution in [0.1, 0.15) is 12.5 Å². The number of aliphatic hydroxyl groups is 1. The molecule has 0 aliphatic rings. The molecule has 1 unspecified atom stereocenters. The van der Waals surface area contributed by atoms with Gasteiger partial charge in [-0.3, -0.25) is 4.79 Å². The summed E-state index contributed by atoms with van der Waals surface area (Å²) in [6.45, 7) is 2.73. The normalized spacial score (nSPS) is 13.4. The lowest BCUT2D eigenvalue weighted by Gasteiger charge is -2.17.